The molecule has 3 heterocycles. The molecule has 8 heteroatoms. The zero-order valence-corrected chi connectivity index (χ0v) is 16.0. The van der Waals surface area contributed by atoms with Crippen LogP contribution >= 0.6 is 0 Å². The number of nitrogen functional groups attached to an aromatic ring is 1. The second kappa shape index (κ2) is 6.35. The number of anilines is 1. The van der Waals surface area contributed by atoms with Gasteiger partial charge in [-0.2, -0.15) is 4.98 Å². The van der Waals surface area contributed by atoms with Crippen LogP contribution in [0.4, 0.5) is 5.82 Å². The van der Waals surface area contributed by atoms with Crippen molar-refractivity contribution in [2.24, 2.45) is 11.8 Å². The van der Waals surface area contributed by atoms with Crippen molar-refractivity contribution < 1.29 is 4.52 Å². The Bertz CT molecular complexity index is 1360. The first-order valence-electron chi connectivity index (χ1n) is 9.87. The second-order valence-electron chi connectivity index (χ2n) is 7.86. The number of pyridine rings is 1. The average Bonchev–Trinajstić information content (AvgIpc) is 3.10. The van der Waals surface area contributed by atoms with Gasteiger partial charge in [-0.15, -0.1) is 0 Å². The Balaban J connectivity index is 1.21. The van der Waals surface area contributed by atoms with Crippen molar-refractivity contribution in [2.45, 2.75) is 18.9 Å². The first kappa shape index (κ1) is 17.1. The highest BCUT2D eigenvalue weighted by Gasteiger charge is 2.55. The fraction of sp³-hybridized carbons (Fsp3) is 0.227. The number of nitrogens with two attached hydrogens (primary N) is 1. The van der Waals surface area contributed by atoms with Crippen LogP contribution in [0.3, 0.4) is 0 Å². The van der Waals surface area contributed by atoms with E-state index in [0.717, 1.165) is 12.2 Å². The molecule has 0 aliphatic heterocycles. The Morgan fingerprint density at radius 2 is 2.00 bits per heavy atom. The summed E-state index contributed by atoms with van der Waals surface area (Å²) >= 11 is 0. The molecule has 0 spiro atoms. The van der Waals surface area contributed by atoms with Gasteiger partial charge in [0.05, 0.1) is 5.39 Å². The number of fused-ring (bicyclic) bond motifs is 2. The maximum atomic E-state index is 12.7. The second-order valence-corrected chi connectivity index (χ2v) is 7.86. The molecule has 3 aromatic heterocycles. The summed E-state index contributed by atoms with van der Waals surface area (Å²) in [6.45, 7) is 0.173. The smallest absolute Gasteiger partial charge is 0.263 e. The summed E-state index contributed by atoms with van der Waals surface area (Å²) in [4.78, 5) is 25.5. The molecule has 2 aliphatic carbocycles. The number of hydrogen-bond donors (Lipinski definition) is 1. The molecule has 0 amide bonds. The van der Waals surface area contributed by atoms with Crippen molar-refractivity contribution in [2.75, 3.05) is 5.73 Å². The summed E-state index contributed by atoms with van der Waals surface area (Å²) in [6, 6.07) is 13.7. The van der Waals surface area contributed by atoms with Gasteiger partial charge >= 0.3 is 0 Å². The van der Waals surface area contributed by atoms with E-state index in [1.54, 1.807) is 12.1 Å². The van der Waals surface area contributed by atoms with E-state index in [1.807, 2.05) is 6.07 Å². The van der Waals surface area contributed by atoms with Crippen molar-refractivity contribution >= 4 is 22.4 Å². The molecule has 1 saturated carbocycles. The molecule has 2 N–H and O–H groups in total. The predicted octanol–water partition coefficient (Wildman–Crippen LogP) is 2.62. The molecule has 4 aromatic rings. The number of benzene rings is 1. The Morgan fingerprint density at radius 1 is 1.13 bits per heavy atom. The van der Waals surface area contributed by atoms with Gasteiger partial charge in [0.1, 0.15) is 18.7 Å². The SMILES string of the molecule is Nc1ccc2c(=O)n(Cc3nc([C@H]4[C@@H]5C=C(c6ccccc6)C[C@@H]54)no3)cnc2n1. The molecule has 3 atom stereocenters. The van der Waals surface area contributed by atoms with Crippen LogP contribution in [0.1, 0.15) is 29.6 Å². The number of nitrogens with zero attached hydrogens (tertiary/aromatic N) is 5. The maximum absolute atomic E-state index is 12.7. The van der Waals surface area contributed by atoms with Gasteiger partial charge in [0.2, 0.25) is 5.89 Å². The molecule has 1 fully saturated rings. The molecule has 6 rings (SSSR count). The fourth-order valence-corrected chi connectivity index (χ4v) is 4.46. The zero-order chi connectivity index (χ0) is 20.2. The van der Waals surface area contributed by atoms with Gasteiger partial charge in [-0.1, -0.05) is 41.6 Å². The number of aromatic nitrogens is 5. The number of hydrogen-bond acceptors (Lipinski definition) is 7. The molecule has 0 bridgehead atoms. The van der Waals surface area contributed by atoms with Gasteiger partial charge in [0.15, 0.2) is 11.5 Å². The maximum Gasteiger partial charge on any atom is 0.263 e. The summed E-state index contributed by atoms with van der Waals surface area (Å²) in [5, 5.41) is 4.58. The molecule has 1 aromatic carbocycles. The molecule has 30 heavy (non-hydrogen) atoms. The third-order valence-electron chi connectivity index (χ3n) is 6.02. The van der Waals surface area contributed by atoms with E-state index < -0.39 is 0 Å². The van der Waals surface area contributed by atoms with Crippen molar-refractivity contribution in [3.63, 3.8) is 0 Å². The van der Waals surface area contributed by atoms with Crippen LogP contribution in [-0.2, 0) is 6.54 Å². The van der Waals surface area contributed by atoms with Crippen LogP contribution in [0.15, 0.2) is 64.2 Å². The lowest BCUT2D eigenvalue weighted by Gasteiger charge is -2.05. The minimum Gasteiger partial charge on any atom is -0.384 e. The molecule has 8 nitrogen and oxygen atoms in total. The molecular formula is C22H18N6O2. The van der Waals surface area contributed by atoms with Gasteiger partial charge in [-0.3, -0.25) is 9.36 Å². The van der Waals surface area contributed by atoms with E-state index in [9.17, 15) is 4.79 Å². The monoisotopic (exact) mass is 398 g/mol. The Labute approximate surface area is 171 Å². The van der Waals surface area contributed by atoms with Crippen molar-refractivity contribution in [1.29, 1.82) is 0 Å². The van der Waals surface area contributed by atoms with Crippen LogP contribution in [-0.4, -0.2) is 24.7 Å². The van der Waals surface area contributed by atoms with Gasteiger partial charge < -0.3 is 10.3 Å². The molecule has 0 saturated heterocycles. The first-order chi connectivity index (χ1) is 14.7. The molecule has 0 radical (unpaired) electrons. The van der Waals surface area contributed by atoms with E-state index in [2.05, 4.69) is 50.5 Å². The molecule has 2 aliphatic rings. The summed E-state index contributed by atoms with van der Waals surface area (Å²) in [5.41, 5.74) is 8.45. The van der Waals surface area contributed by atoms with Crippen molar-refractivity contribution in [3.8, 4) is 0 Å². The van der Waals surface area contributed by atoms with Gasteiger partial charge in [0, 0.05) is 5.92 Å². The molecule has 0 unspecified atom stereocenters. The van der Waals surface area contributed by atoms with Crippen LogP contribution in [0.2, 0.25) is 0 Å². The van der Waals surface area contributed by atoms with E-state index in [4.69, 9.17) is 10.3 Å². The highest BCUT2D eigenvalue weighted by atomic mass is 16.5. The summed E-state index contributed by atoms with van der Waals surface area (Å²) in [5.74, 6) is 2.75. The van der Waals surface area contributed by atoms with Crippen LogP contribution in [0.25, 0.3) is 16.6 Å². The third-order valence-corrected chi connectivity index (χ3v) is 6.02. The van der Waals surface area contributed by atoms with Crippen molar-refractivity contribution in [1.82, 2.24) is 24.7 Å². The summed E-state index contributed by atoms with van der Waals surface area (Å²) in [7, 11) is 0. The average molecular weight is 398 g/mol. The fourth-order valence-electron chi connectivity index (χ4n) is 4.46. The summed E-state index contributed by atoms with van der Waals surface area (Å²) < 4.78 is 6.87. The molecular weight excluding hydrogens is 380 g/mol. The van der Waals surface area contributed by atoms with Crippen LogP contribution in [0, 0.1) is 11.8 Å². The minimum atomic E-state index is -0.217. The quantitative estimate of drug-likeness (QED) is 0.562. The first-order valence-corrected chi connectivity index (χ1v) is 9.87. The van der Waals surface area contributed by atoms with Gasteiger partial charge in [-0.25, -0.2) is 9.97 Å². The number of rotatable bonds is 4. The number of allylic oxidation sites excluding steroid dienone is 2. The van der Waals surface area contributed by atoms with Crippen LogP contribution in [0.5, 0.6) is 0 Å². The predicted molar refractivity (Wildman–Crippen MR) is 110 cm³/mol. The zero-order valence-electron chi connectivity index (χ0n) is 16.0. The highest BCUT2D eigenvalue weighted by molar-refractivity contribution is 5.74. The van der Waals surface area contributed by atoms with Crippen molar-refractivity contribution in [3.05, 3.63) is 82.5 Å². The third kappa shape index (κ3) is 2.72. The lowest BCUT2D eigenvalue weighted by atomic mass is 10.0. The molecule has 148 valence electrons. The Morgan fingerprint density at radius 3 is 2.80 bits per heavy atom. The highest BCUT2D eigenvalue weighted by Crippen LogP contribution is 2.62. The lowest BCUT2D eigenvalue weighted by molar-refractivity contribution is 0.364. The van der Waals surface area contributed by atoms with E-state index in [1.165, 1.54) is 22.0 Å². The van der Waals surface area contributed by atoms with Gasteiger partial charge in [0.25, 0.3) is 5.56 Å². The van der Waals surface area contributed by atoms with Gasteiger partial charge in [-0.05, 0) is 41.5 Å². The normalized spacial score (nSPS) is 22.1. The Hall–Kier alpha value is -3.81. The topological polar surface area (TPSA) is 113 Å². The summed E-state index contributed by atoms with van der Waals surface area (Å²) in [6.07, 6.45) is 4.81. The minimum absolute atomic E-state index is 0.173. The van der Waals surface area contributed by atoms with E-state index in [0.29, 0.717) is 40.5 Å². The lowest BCUT2D eigenvalue weighted by Crippen LogP contribution is -2.21. The largest absolute Gasteiger partial charge is 0.384 e. The van der Waals surface area contributed by atoms with E-state index in [-0.39, 0.29) is 12.1 Å². The van der Waals surface area contributed by atoms with Crippen LogP contribution < -0.4 is 11.3 Å². The van der Waals surface area contributed by atoms with E-state index >= 15 is 0 Å². The Kier molecular flexibility index (Phi) is 3.61. The standard InChI is InChI=1S/C22H18N6O2/c23-17-7-6-14-20(25-17)24-11-28(22(14)29)10-18-26-21(27-30-18)19-15-8-13(9-16(15)19)12-4-2-1-3-5-12/h1-8,11,15-16,19H,9-10H2,(H2,23,25)/t15-,16+,19+/m1/s1.